The number of nitrogens with zero attached hydrogens (tertiary/aromatic N) is 4. The van der Waals surface area contributed by atoms with E-state index in [0.717, 1.165) is 31.1 Å². The Balaban J connectivity index is 1.38. The van der Waals surface area contributed by atoms with Crippen LogP contribution in [0.1, 0.15) is 41.5 Å². The van der Waals surface area contributed by atoms with Gasteiger partial charge in [-0.1, -0.05) is 35.5 Å². The van der Waals surface area contributed by atoms with Crippen LogP contribution < -0.4 is 0 Å². The van der Waals surface area contributed by atoms with Crippen LogP contribution in [0.4, 0.5) is 0 Å². The number of imidazole rings is 1. The molecule has 0 spiro atoms. The zero-order valence-electron chi connectivity index (χ0n) is 13.9. The zero-order valence-corrected chi connectivity index (χ0v) is 13.9. The molecule has 1 aliphatic rings. The van der Waals surface area contributed by atoms with E-state index < -0.39 is 0 Å². The fourth-order valence-corrected chi connectivity index (χ4v) is 2.97. The van der Waals surface area contributed by atoms with Gasteiger partial charge in [0.15, 0.2) is 0 Å². The first kappa shape index (κ1) is 15.1. The first-order valence-corrected chi connectivity index (χ1v) is 8.45. The molecule has 0 saturated heterocycles. The van der Waals surface area contributed by atoms with Crippen molar-refractivity contribution < 1.29 is 4.52 Å². The molecule has 4 rings (SSSR count). The molecule has 2 aromatic heterocycles. The summed E-state index contributed by atoms with van der Waals surface area (Å²) in [6, 6.07) is 12.6. The average Bonchev–Trinajstić information content (AvgIpc) is 3.20. The topological polar surface area (TPSA) is 47.1 Å². The van der Waals surface area contributed by atoms with E-state index in [9.17, 15) is 0 Å². The number of hydrogen-bond acceptors (Lipinski definition) is 4. The van der Waals surface area contributed by atoms with Crippen LogP contribution in [0.3, 0.4) is 0 Å². The maximum atomic E-state index is 5.43. The van der Waals surface area contributed by atoms with Gasteiger partial charge in [0.25, 0.3) is 0 Å². The molecule has 5 nitrogen and oxygen atoms in total. The van der Waals surface area contributed by atoms with E-state index in [1.807, 2.05) is 18.6 Å². The fourth-order valence-electron chi connectivity index (χ4n) is 2.97. The molecule has 0 atom stereocenters. The van der Waals surface area contributed by atoms with Crippen molar-refractivity contribution in [3.05, 3.63) is 71.6 Å². The Bertz CT molecular complexity index is 789. The van der Waals surface area contributed by atoms with E-state index in [4.69, 9.17) is 4.52 Å². The quantitative estimate of drug-likeness (QED) is 0.668. The van der Waals surface area contributed by atoms with Gasteiger partial charge in [-0.2, -0.15) is 0 Å². The second-order valence-electron chi connectivity index (χ2n) is 6.67. The summed E-state index contributed by atoms with van der Waals surface area (Å²) in [6.45, 7) is 2.46. The number of aromatic nitrogens is 3. The molecule has 3 aromatic rings. The summed E-state index contributed by atoms with van der Waals surface area (Å²) in [7, 11) is 2.10. The first-order valence-electron chi connectivity index (χ1n) is 8.45. The van der Waals surface area contributed by atoms with E-state index in [2.05, 4.69) is 57.0 Å². The molecule has 1 aromatic carbocycles. The lowest BCUT2D eigenvalue weighted by atomic mass is 10.2. The monoisotopic (exact) mass is 322 g/mol. The van der Waals surface area contributed by atoms with Gasteiger partial charge in [0.1, 0.15) is 5.76 Å². The predicted molar refractivity (Wildman–Crippen MR) is 91.4 cm³/mol. The van der Waals surface area contributed by atoms with Crippen LogP contribution in [-0.2, 0) is 19.6 Å². The molecule has 24 heavy (non-hydrogen) atoms. The maximum absolute atomic E-state index is 5.43. The molecular weight excluding hydrogens is 300 g/mol. The van der Waals surface area contributed by atoms with Gasteiger partial charge in [-0.3, -0.25) is 4.90 Å². The van der Waals surface area contributed by atoms with Crippen LogP contribution >= 0.6 is 0 Å². The number of hydrogen-bond donors (Lipinski definition) is 0. The molecule has 1 saturated carbocycles. The van der Waals surface area contributed by atoms with Crippen molar-refractivity contribution in [2.75, 3.05) is 7.05 Å². The van der Waals surface area contributed by atoms with Crippen molar-refractivity contribution in [1.29, 1.82) is 0 Å². The molecule has 5 heteroatoms. The van der Waals surface area contributed by atoms with Crippen molar-refractivity contribution in [2.45, 2.75) is 38.4 Å². The molecule has 124 valence electrons. The number of rotatable bonds is 7. The Morgan fingerprint density at radius 3 is 2.83 bits per heavy atom. The van der Waals surface area contributed by atoms with Gasteiger partial charge in [0.05, 0.1) is 17.7 Å². The van der Waals surface area contributed by atoms with Crippen LogP contribution in [0, 0.1) is 0 Å². The van der Waals surface area contributed by atoms with Crippen molar-refractivity contribution in [3.63, 3.8) is 0 Å². The van der Waals surface area contributed by atoms with Crippen molar-refractivity contribution in [1.82, 2.24) is 19.6 Å². The molecule has 2 heterocycles. The van der Waals surface area contributed by atoms with Gasteiger partial charge in [0.2, 0.25) is 0 Å². The Labute approximate surface area is 141 Å². The molecule has 1 aliphatic carbocycles. The second-order valence-corrected chi connectivity index (χ2v) is 6.67. The summed E-state index contributed by atoms with van der Waals surface area (Å²) in [5.41, 5.74) is 3.49. The zero-order chi connectivity index (χ0) is 16.4. The Hall–Kier alpha value is -2.40. The minimum absolute atomic E-state index is 0.615. The van der Waals surface area contributed by atoms with E-state index in [-0.39, 0.29) is 0 Å². The average molecular weight is 322 g/mol. The summed E-state index contributed by atoms with van der Waals surface area (Å²) >= 11 is 0. The highest BCUT2D eigenvalue weighted by Crippen LogP contribution is 2.40. The molecule has 1 fully saturated rings. The summed E-state index contributed by atoms with van der Waals surface area (Å²) in [5.74, 6) is 1.66. The van der Waals surface area contributed by atoms with Gasteiger partial charge >= 0.3 is 0 Å². The molecule has 0 unspecified atom stereocenters. The Kier molecular flexibility index (Phi) is 4.17. The van der Waals surface area contributed by atoms with Crippen molar-refractivity contribution in [2.24, 2.45) is 0 Å². The minimum Gasteiger partial charge on any atom is -0.361 e. The molecule has 0 amide bonds. The lowest BCUT2D eigenvalue weighted by Gasteiger charge is -2.16. The Morgan fingerprint density at radius 2 is 2.04 bits per heavy atom. The van der Waals surface area contributed by atoms with Crippen LogP contribution in [-0.4, -0.2) is 26.7 Å². The van der Waals surface area contributed by atoms with Crippen LogP contribution in [0.5, 0.6) is 0 Å². The number of benzene rings is 1. The van der Waals surface area contributed by atoms with Crippen molar-refractivity contribution in [3.8, 4) is 0 Å². The fraction of sp³-hybridized carbons (Fsp3) is 0.368. The highest BCUT2D eigenvalue weighted by molar-refractivity contribution is 5.17. The molecule has 0 N–H and O–H groups in total. The van der Waals surface area contributed by atoms with Crippen LogP contribution in [0.2, 0.25) is 0 Å². The van der Waals surface area contributed by atoms with E-state index >= 15 is 0 Å². The second kappa shape index (κ2) is 6.61. The third-order valence-corrected chi connectivity index (χ3v) is 4.41. The molecule has 0 bridgehead atoms. The third kappa shape index (κ3) is 3.57. The van der Waals surface area contributed by atoms with Gasteiger partial charge in [-0.15, -0.1) is 0 Å². The first-order chi connectivity index (χ1) is 11.8. The largest absolute Gasteiger partial charge is 0.361 e. The third-order valence-electron chi connectivity index (χ3n) is 4.41. The smallest absolute Gasteiger partial charge is 0.140 e. The highest BCUT2D eigenvalue weighted by Gasteiger charge is 2.27. The van der Waals surface area contributed by atoms with Crippen molar-refractivity contribution >= 4 is 0 Å². The van der Waals surface area contributed by atoms with E-state index in [0.29, 0.717) is 5.92 Å². The Morgan fingerprint density at radius 1 is 1.21 bits per heavy atom. The normalized spacial score (nSPS) is 14.4. The lowest BCUT2D eigenvalue weighted by Crippen LogP contribution is -2.19. The van der Waals surface area contributed by atoms with Crippen LogP contribution in [0.25, 0.3) is 0 Å². The van der Waals surface area contributed by atoms with E-state index in [1.54, 1.807) is 0 Å². The van der Waals surface area contributed by atoms with Crippen LogP contribution in [0.15, 0.2) is 53.4 Å². The summed E-state index contributed by atoms with van der Waals surface area (Å²) in [5, 5.41) is 4.20. The summed E-state index contributed by atoms with van der Waals surface area (Å²) < 4.78 is 7.63. The standard InChI is InChI=1S/C19H22N4O/c1-22(12-17-9-19(24-21-17)16-7-8-16)13-18-10-20-14-23(18)11-15-5-3-2-4-6-15/h2-6,9-10,14,16H,7-8,11-13H2,1H3. The maximum Gasteiger partial charge on any atom is 0.140 e. The highest BCUT2D eigenvalue weighted by atomic mass is 16.5. The lowest BCUT2D eigenvalue weighted by molar-refractivity contribution is 0.294. The predicted octanol–water partition coefficient (Wildman–Crippen LogP) is 3.43. The molecule has 0 radical (unpaired) electrons. The van der Waals surface area contributed by atoms with Gasteiger partial charge in [-0.05, 0) is 25.5 Å². The van der Waals surface area contributed by atoms with Gasteiger partial charge in [0, 0.05) is 37.8 Å². The summed E-state index contributed by atoms with van der Waals surface area (Å²) in [6.07, 6.45) is 6.32. The van der Waals surface area contributed by atoms with Gasteiger partial charge in [-0.25, -0.2) is 4.98 Å². The minimum atomic E-state index is 0.615. The molecular formula is C19H22N4O. The molecule has 0 aliphatic heterocycles. The van der Waals surface area contributed by atoms with E-state index in [1.165, 1.54) is 24.1 Å². The van der Waals surface area contributed by atoms with Gasteiger partial charge < -0.3 is 9.09 Å². The summed E-state index contributed by atoms with van der Waals surface area (Å²) in [4.78, 5) is 6.56. The SMILES string of the molecule is CN(Cc1cc(C2CC2)on1)Cc1cncn1Cc1ccccc1.